The molecule has 0 bridgehead atoms. The quantitative estimate of drug-likeness (QED) is 0.370. The Morgan fingerprint density at radius 2 is 0.864 bits per heavy atom. The first kappa shape index (κ1) is 24.1. The summed E-state index contributed by atoms with van der Waals surface area (Å²) in [6.07, 6.45) is 12.6. The van der Waals surface area contributed by atoms with E-state index in [-0.39, 0.29) is 13.2 Å². The molecule has 2 unspecified atom stereocenters. The molecule has 4 N–H and O–H groups in total. The van der Waals surface area contributed by atoms with E-state index in [4.69, 9.17) is 20.4 Å². The van der Waals surface area contributed by atoms with E-state index >= 15 is 0 Å². The number of hydrogen-bond acceptors (Lipinski definition) is 4. The van der Waals surface area contributed by atoms with E-state index in [9.17, 15) is 0 Å². The number of unbranched alkanes of at least 4 members (excludes halogenated alkanes) is 8. The zero-order chi connectivity index (χ0) is 17.1. The summed E-state index contributed by atoms with van der Waals surface area (Å²) in [5.74, 6) is 0. The molecule has 0 aromatic rings. The molecule has 0 saturated heterocycles. The molecule has 0 aliphatic rings. The van der Waals surface area contributed by atoms with Crippen molar-refractivity contribution in [3.63, 3.8) is 0 Å². The highest BCUT2D eigenvalue weighted by atomic mass is 16.3. The molecule has 4 nitrogen and oxygen atoms in total. The second kappa shape index (κ2) is 20.8. The van der Waals surface area contributed by atoms with Gasteiger partial charge in [0.25, 0.3) is 0 Å². The van der Waals surface area contributed by atoms with Gasteiger partial charge in [0.15, 0.2) is 0 Å². The molecular weight excluding hydrogens is 280 g/mol. The Hall–Kier alpha value is -0.160. The number of aliphatic hydroxyl groups is 4. The average molecular weight is 321 g/mol. The molecule has 0 aliphatic carbocycles. The highest BCUT2D eigenvalue weighted by Gasteiger charge is 2.00. The number of rotatable bonds is 14. The van der Waals surface area contributed by atoms with E-state index in [0.29, 0.717) is 0 Å². The first-order chi connectivity index (χ1) is 10.6. The molecule has 0 spiro atoms. The molecular formula is C18H40O4. The SMILES string of the molecule is CCCCCCC(O)CO.CCCCCCCCC(O)CO. The lowest BCUT2D eigenvalue weighted by atomic mass is 10.1. The van der Waals surface area contributed by atoms with Gasteiger partial charge in [-0.1, -0.05) is 78.1 Å². The summed E-state index contributed by atoms with van der Waals surface area (Å²) in [4.78, 5) is 0. The van der Waals surface area contributed by atoms with Crippen molar-refractivity contribution in [3.8, 4) is 0 Å². The minimum atomic E-state index is -0.490. The predicted octanol–water partition coefficient (Wildman–Crippen LogP) is 3.40. The van der Waals surface area contributed by atoms with Crippen LogP contribution < -0.4 is 0 Å². The van der Waals surface area contributed by atoms with E-state index in [2.05, 4.69) is 13.8 Å². The highest BCUT2D eigenvalue weighted by molar-refractivity contribution is 4.53. The topological polar surface area (TPSA) is 80.9 Å². The van der Waals surface area contributed by atoms with Crippen LogP contribution in [-0.4, -0.2) is 45.8 Å². The Balaban J connectivity index is 0. The molecule has 0 aromatic carbocycles. The van der Waals surface area contributed by atoms with Crippen LogP contribution in [-0.2, 0) is 0 Å². The first-order valence-corrected chi connectivity index (χ1v) is 9.20. The molecule has 0 amide bonds. The summed E-state index contributed by atoms with van der Waals surface area (Å²) in [5.41, 5.74) is 0. The van der Waals surface area contributed by atoms with E-state index in [1.807, 2.05) is 0 Å². The van der Waals surface area contributed by atoms with Crippen LogP contribution in [0.1, 0.15) is 90.9 Å². The number of hydrogen-bond donors (Lipinski definition) is 4. The van der Waals surface area contributed by atoms with Crippen molar-refractivity contribution in [1.82, 2.24) is 0 Å². The lowest BCUT2D eigenvalue weighted by Crippen LogP contribution is -2.10. The van der Waals surface area contributed by atoms with Gasteiger partial charge in [-0.2, -0.15) is 0 Å². The van der Waals surface area contributed by atoms with E-state index in [1.54, 1.807) is 0 Å². The monoisotopic (exact) mass is 320 g/mol. The fourth-order valence-corrected chi connectivity index (χ4v) is 2.15. The van der Waals surface area contributed by atoms with Gasteiger partial charge in [-0.15, -0.1) is 0 Å². The van der Waals surface area contributed by atoms with Gasteiger partial charge in [0.1, 0.15) is 0 Å². The molecule has 0 radical (unpaired) electrons. The van der Waals surface area contributed by atoms with Gasteiger partial charge in [0.05, 0.1) is 25.4 Å². The summed E-state index contributed by atoms with van der Waals surface area (Å²) in [6, 6.07) is 0. The van der Waals surface area contributed by atoms with Gasteiger partial charge in [0, 0.05) is 0 Å². The fourth-order valence-electron chi connectivity index (χ4n) is 2.15. The molecule has 0 saturated carbocycles. The van der Waals surface area contributed by atoms with Gasteiger partial charge in [0.2, 0.25) is 0 Å². The Kier molecular flexibility index (Phi) is 22.8. The fraction of sp³-hybridized carbons (Fsp3) is 1.00. The molecule has 0 rings (SSSR count). The Morgan fingerprint density at radius 3 is 1.23 bits per heavy atom. The van der Waals surface area contributed by atoms with E-state index in [0.717, 1.165) is 25.7 Å². The first-order valence-electron chi connectivity index (χ1n) is 9.20. The third-order valence-corrected chi connectivity index (χ3v) is 3.70. The molecule has 0 aliphatic heterocycles. The van der Waals surface area contributed by atoms with Gasteiger partial charge in [-0.3, -0.25) is 0 Å². The number of aliphatic hydroxyl groups excluding tert-OH is 4. The van der Waals surface area contributed by atoms with Gasteiger partial charge < -0.3 is 20.4 Å². The largest absolute Gasteiger partial charge is 0.394 e. The standard InChI is InChI=1S/C10H22O2.C8H18O2/c1-2-3-4-5-6-7-8-10(12)9-11;1-2-3-4-5-6-8(10)7-9/h10-12H,2-9H2,1H3;8-10H,2-7H2,1H3. The Labute approximate surface area is 137 Å². The van der Waals surface area contributed by atoms with Crippen molar-refractivity contribution in [2.45, 2.75) is 103 Å². The van der Waals surface area contributed by atoms with Crippen LogP contribution in [0.15, 0.2) is 0 Å². The smallest absolute Gasteiger partial charge is 0.0770 e. The summed E-state index contributed by atoms with van der Waals surface area (Å²) >= 11 is 0. The maximum absolute atomic E-state index is 9.01. The summed E-state index contributed by atoms with van der Waals surface area (Å²) in [6.45, 7) is 4.18. The van der Waals surface area contributed by atoms with Crippen LogP contribution in [0.5, 0.6) is 0 Å². The van der Waals surface area contributed by atoms with E-state index < -0.39 is 12.2 Å². The van der Waals surface area contributed by atoms with Gasteiger partial charge in [-0.05, 0) is 12.8 Å². The average Bonchev–Trinajstić information content (AvgIpc) is 2.54. The summed E-state index contributed by atoms with van der Waals surface area (Å²) in [5, 5.41) is 34.9. The zero-order valence-corrected chi connectivity index (χ0v) is 14.8. The Bertz CT molecular complexity index is 188. The van der Waals surface area contributed by atoms with Crippen LogP contribution in [0.25, 0.3) is 0 Å². The maximum Gasteiger partial charge on any atom is 0.0770 e. The van der Waals surface area contributed by atoms with Crippen LogP contribution in [0.3, 0.4) is 0 Å². The van der Waals surface area contributed by atoms with Crippen LogP contribution >= 0.6 is 0 Å². The lowest BCUT2D eigenvalue weighted by molar-refractivity contribution is 0.0860. The van der Waals surface area contributed by atoms with Gasteiger partial charge >= 0.3 is 0 Å². The molecule has 136 valence electrons. The molecule has 22 heavy (non-hydrogen) atoms. The minimum Gasteiger partial charge on any atom is -0.394 e. The normalized spacial score (nSPS) is 13.4. The predicted molar refractivity (Wildman–Crippen MR) is 92.9 cm³/mol. The molecule has 0 aromatic heterocycles. The van der Waals surface area contributed by atoms with Crippen molar-refractivity contribution < 1.29 is 20.4 Å². The lowest BCUT2D eigenvalue weighted by Gasteiger charge is -2.05. The van der Waals surface area contributed by atoms with Crippen molar-refractivity contribution in [1.29, 1.82) is 0 Å². The van der Waals surface area contributed by atoms with Gasteiger partial charge in [-0.25, -0.2) is 0 Å². The molecule has 0 fully saturated rings. The molecule has 0 heterocycles. The second-order valence-corrected chi connectivity index (χ2v) is 6.08. The molecule has 4 heteroatoms. The van der Waals surface area contributed by atoms with E-state index in [1.165, 1.54) is 51.4 Å². The van der Waals surface area contributed by atoms with Crippen LogP contribution in [0, 0.1) is 0 Å². The van der Waals surface area contributed by atoms with Crippen molar-refractivity contribution in [2.75, 3.05) is 13.2 Å². The highest BCUT2D eigenvalue weighted by Crippen LogP contribution is 2.08. The van der Waals surface area contributed by atoms with Crippen LogP contribution in [0.2, 0.25) is 0 Å². The molecule has 2 atom stereocenters. The second-order valence-electron chi connectivity index (χ2n) is 6.08. The minimum absolute atomic E-state index is 0.0883. The third-order valence-electron chi connectivity index (χ3n) is 3.70. The van der Waals surface area contributed by atoms with Crippen LogP contribution in [0.4, 0.5) is 0 Å². The van der Waals surface area contributed by atoms with Crippen molar-refractivity contribution in [3.05, 3.63) is 0 Å². The summed E-state index contributed by atoms with van der Waals surface area (Å²) in [7, 11) is 0. The van der Waals surface area contributed by atoms with Crippen molar-refractivity contribution in [2.24, 2.45) is 0 Å². The summed E-state index contributed by atoms with van der Waals surface area (Å²) < 4.78 is 0. The third kappa shape index (κ3) is 22.1. The van der Waals surface area contributed by atoms with Crippen molar-refractivity contribution >= 4 is 0 Å². The Morgan fingerprint density at radius 1 is 0.545 bits per heavy atom. The zero-order valence-electron chi connectivity index (χ0n) is 14.8. The maximum atomic E-state index is 9.01.